The Morgan fingerprint density at radius 2 is 1.65 bits per heavy atom. The van der Waals surface area contributed by atoms with Crippen LogP contribution in [0.3, 0.4) is 0 Å². The molecule has 0 atom stereocenters. The van der Waals surface area contributed by atoms with Gasteiger partial charge in [0.05, 0.1) is 19.0 Å². The second kappa shape index (κ2) is 5.49. The number of rotatable bonds is 3. The molecule has 0 spiro atoms. The Morgan fingerprint density at radius 1 is 0.870 bits per heavy atom. The zero-order valence-electron chi connectivity index (χ0n) is 12.4. The van der Waals surface area contributed by atoms with Gasteiger partial charge in [0.1, 0.15) is 5.75 Å². The fourth-order valence-electron chi connectivity index (χ4n) is 2.36. The largest absolute Gasteiger partial charge is 0.497 e. The zero-order valence-corrected chi connectivity index (χ0v) is 12.4. The summed E-state index contributed by atoms with van der Waals surface area (Å²) in [5.74, 6) is 1.95. The van der Waals surface area contributed by atoms with Crippen LogP contribution in [0.1, 0.15) is 0 Å². The van der Waals surface area contributed by atoms with E-state index in [4.69, 9.17) is 4.74 Å². The summed E-state index contributed by atoms with van der Waals surface area (Å²) in [6.07, 6.45) is 1.71. The number of methoxy groups -OCH3 is 1. The van der Waals surface area contributed by atoms with Crippen LogP contribution in [0.25, 0.3) is 28.4 Å². The van der Waals surface area contributed by atoms with Crippen molar-refractivity contribution in [1.82, 2.24) is 24.8 Å². The smallest absolute Gasteiger partial charge is 0.272 e. The third kappa shape index (κ3) is 2.40. The van der Waals surface area contributed by atoms with Gasteiger partial charge in [-0.1, -0.05) is 30.3 Å². The molecule has 2 heterocycles. The van der Waals surface area contributed by atoms with Crippen LogP contribution >= 0.6 is 0 Å². The van der Waals surface area contributed by atoms with E-state index in [9.17, 15) is 0 Å². The van der Waals surface area contributed by atoms with Crippen molar-refractivity contribution in [3.8, 4) is 28.4 Å². The quantitative estimate of drug-likeness (QED) is 0.582. The number of nitrogens with zero attached hydrogens (tertiary/aromatic N) is 5. The van der Waals surface area contributed by atoms with Gasteiger partial charge in [-0.2, -0.15) is 9.61 Å². The number of hydrogen-bond donors (Lipinski definition) is 0. The van der Waals surface area contributed by atoms with Gasteiger partial charge in [0.15, 0.2) is 5.82 Å². The van der Waals surface area contributed by atoms with E-state index in [-0.39, 0.29) is 0 Å². The molecule has 0 N–H and O–H groups in total. The van der Waals surface area contributed by atoms with E-state index < -0.39 is 0 Å². The molecule has 0 aliphatic heterocycles. The Bertz CT molecular complexity index is 948. The monoisotopic (exact) mass is 303 g/mol. The average molecular weight is 303 g/mol. The van der Waals surface area contributed by atoms with Crippen molar-refractivity contribution in [3.05, 3.63) is 60.8 Å². The fourth-order valence-corrected chi connectivity index (χ4v) is 2.36. The lowest BCUT2D eigenvalue weighted by atomic mass is 10.1. The second-order valence-corrected chi connectivity index (χ2v) is 4.97. The number of aromatic nitrogens is 5. The summed E-state index contributed by atoms with van der Waals surface area (Å²) in [4.78, 5) is 4.53. The predicted octanol–water partition coefficient (Wildman–Crippen LogP) is 2.86. The van der Waals surface area contributed by atoms with Crippen molar-refractivity contribution in [2.75, 3.05) is 7.11 Å². The molecule has 0 saturated carbocycles. The maximum absolute atomic E-state index is 5.17. The zero-order chi connectivity index (χ0) is 15.6. The van der Waals surface area contributed by atoms with Gasteiger partial charge >= 0.3 is 0 Å². The SMILES string of the molecule is COc1ccc(-c2cnn3c(-c4ccccc4)nnc3n2)cc1. The summed E-state index contributed by atoms with van der Waals surface area (Å²) in [7, 11) is 1.64. The first-order valence-electron chi connectivity index (χ1n) is 7.13. The highest BCUT2D eigenvalue weighted by Crippen LogP contribution is 2.21. The second-order valence-electron chi connectivity index (χ2n) is 4.97. The molecule has 2 aromatic carbocycles. The summed E-state index contributed by atoms with van der Waals surface area (Å²) in [5, 5.41) is 12.8. The molecule has 112 valence electrons. The number of fused-ring (bicyclic) bond motifs is 1. The van der Waals surface area contributed by atoms with Crippen LogP contribution < -0.4 is 4.74 Å². The highest BCUT2D eigenvalue weighted by Gasteiger charge is 2.11. The summed E-state index contributed by atoms with van der Waals surface area (Å²) in [6, 6.07) is 17.5. The van der Waals surface area contributed by atoms with Crippen molar-refractivity contribution >= 4 is 5.78 Å². The number of hydrogen-bond acceptors (Lipinski definition) is 5. The average Bonchev–Trinajstić information content (AvgIpc) is 3.06. The third-order valence-electron chi connectivity index (χ3n) is 3.56. The van der Waals surface area contributed by atoms with Crippen molar-refractivity contribution in [2.45, 2.75) is 0 Å². The van der Waals surface area contributed by atoms with Gasteiger partial charge in [0.2, 0.25) is 0 Å². The first-order valence-corrected chi connectivity index (χ1v) is 7.13. The van der Waals surface area contributed by atoms with Crippen molar-refractivity contribution in [3.63, 3.8) is 0 Å². The molecule has 0 bridgehead atoms. The Labute approximate surface area is 132 Å². The first-order chi connectivity index (χ1) is 11.3. The van der Waals surface area contributed by atoms with Gasteiger partial charge in [0, 0.05) is 11.1 Å². The normalized spacial score (nSPS) is 10.8. The van der Waals surface area contributed by atoms with Gasteiger partial charge in [-0.3, -0.25) is 0 Å². The molecule has 4 rings (SSSR count). The summed E-state index contributed by atoms with van der Waals surface area (Å²) in [5.41, 5.74) is 2.64. The Hall–Kier alpha value is -3.28. The Morgan fingerprint density at radius 3 is 2.39 bits per heavy atom. The van der Waals surface area contributed by atoms with Gasteiger partial charge in [0.25, 0.3) is 5.78 Å². The number of benzene rings is 2. The van der Waals surface area contributed by atoms with E-state index in [1.54, 1.807) is 17.8 Å². The van der Waals surface area contributed by atoms with Crippen molar-refractivity contribution in [1.29, 1.82) is 0 Å². The fraction of sp³-hybridized carbons (Fsp3) is 0.0588. The Kier molecular flexibility index (Phi) is 3.20. The van der Waals surface area contributed by atoms with E-state index in [1.807, 2.05) is 54.6 Å². The maximum atomic E-state index is 5.17. The van der Waals surface area contributed by atoms with Crippen LogP contribution in [0.5, 0.6) is 5.75 Å². The van der Waals surface area contributed by atoms with E-state index in [0.29, 0.717) is 11.6 Å². The molecule has 0 saturated heterocycles. The minimum Gasteiger partial charge on any atom is -0.497 e. The van der Waals surface area contributed by atoms with Crippen molar-refractivity contribution < 1.29 is 4.74 Å². The lowest BCUT2D eigenvalue weighted by Crippen LogP contribution is -1.98. The van der Waals surface area contributed by atoms with E-state index in [1.165, 1.54) is 0 Å². The standard InChI is InChI=1S/C17H13N5O/c1-23-14-9-7-12(8-10-14)15-11-18-22-16(20-21-17(22)19-15)13-5-3-2-4-6-13/h2-11H,1H3. The van der Waals surface area contributed by atoms with Crippen LogP contribution in [-0.4, -0.2) is 31.9 Å². The van der Waals surface area contributed by atoms with E-state index in [2.05, 4.69) is 20.3 Å². The van der Waals surface area contributed by atoms with Crippen LogP contribution in [0.4, 0.5) is 0 Å². The van der Waals surface area contributed by atoms with E-state index in [0.717, 1.165) is 22.6 Å². The molecule has 4 aromatic rings. The van der Waals surface area contributed by atoms with Gasteiger partial charge in [-0.05, 0) is 24.3 Å². The molecule has 6 heteroatoms. The molecule has 0 aliphatic rings. The van der Waals surface area contributed by atoms with Crippen LogP contribution in [0.15, 0.2) is 60.8 Å². The lowest BCUT2D eigenvalue weighted by molar-refractivity contribution is 0.415. The number of ether oxygens (including phenoxy) is 1. The molecule has 23 heavy (non-hydrogen) atoms. The maximum Gasteiger partial charge on any atom is 0.272 e. The van der Waals surface area contributed by atoms with E-state index >= 15 is 0 Å². The molecular weight excluding hydrogens is 290 g/mol. The van der Waals surface area contributed by atoms with Crippen LogP contribution in [0.2, 0.25) is 0 Å². The summed E-state index contributed by atoms with van der Waals surface area (Å²) >= 11 is 0. The highest BCUT2D eigenvalue weighted by atomic mass is 16.5. The van der Waals surface area contributed by atoms with Crippen LogP contribution in [0, 0.1) is 0 Å². The predicted molar refractivity (Wildman–Crippen MR) is 86.0 cm³/mol. The van der Waals surface area contributed by atoms with Crippen LogP contribution in [-0.2, 0) is 0 Å². The molecule has 6 nitrogen and oxygen atoms in total. The summed E-state index contributed by atoms with van der Waals surface area (Å²) < 4.78 is 6.81. The third-order valence-corrected chi connectivity index (χ3v) is 3.56. The topological polar surface area (TPSA) is 65.2 Å². The Balaban J connectivity index is 1.77. The highest BCUT2D eigenvalue weighted by molar-refractivity contribution is 5.62. The molecule has 0 radical (unpaired) electrons. The van der Waals surface area contributed by atoms with Gasteiger partial charge in [-0.15, -0.1) is 10.2 Å². The lowest BCUT2D eigenvalue weighted by Gasteiger charge is -2.03. The van der Waals surface area contributed by atoms with Crippen molar-refractivity contribution in [2.24, 2.45) is 0 Å². The molecule has 0 aliphatic carbocycles. The minimum atomic E-state index is 0.470. The molecule has 0 fully saturated rings. The molecule has 2 aromatic heterocycles. The molecule has 0 amide bonds. The molecule has 0 unspecified atom stereocenters. The van der Waals surface area contributed by atoms with Gasteiger partial charge in [-0.25, -0.2) is 4.98 Å². The first kappa shape index (κ1) is 13.4. The van der Waals surface area contributed by atoms with Gasteiger partial charge < -0.3 is 4.74 Å². The molecular formula is C17H13N5O. The summed E-state index contributed by atoms with van der Waals surface area (Å²) in [6.45, 7) is 0. The minimum absolute atomic E-state index is 0.470.